The van der Waals surface area contributed by atoms with Gasteiger partial charge in [0.15, 0.2) is 5.82 Å². The fourth-order valence-electron chi connectivity index (χ4n) is 1.60. The Morgan fingerprint density at radius 1 is 1.64 bits per heavy atom. The zero-order chi connectivity index (χ0) is 9.80. The molecule has 0 unspecified atom stereocenters. The smallest absolute Gasteiger partial charge is 0.243 e. The van der Waals surface area contributed by atoms with Crippen molar-refractivity contribution in [1.29, 1.82) is 0 Å². The number of hydrogen-bond donors (Lipinski definition) is 1. The maximum absolute atomic E-state index is 5.17. The van der Waals surface area contributed by atoms with Crippen molar-refractivity contribution < 1.29 is 9.26 Å². The normalized spacial score (nSPS) is 21.6. The van der Waals surface area contributed by atoms with Gasteiger partial charge in [-0.25, -0.2) is 0 Å². The maximum Gasteiger partial charge on any atom is 0.243 e. The molecular weight excluding hydrogens is 182 g/mol. The molecule has 78 valence electrons. The Balaban J connectivity index is 1.94. The molecule has 0 bridgehead atoms. The Morgan fingerprint density at radius 2 is 2.57 bits per heavy atom. The van der Waals surface area contributed by atoms with Crippen LogP contribution in [0.1, 0.15) is 30.6 Å². The lowest BCUT2D eigenvalue weighted by Gasteiger charge is -2.01. The van der Waals surface area contributed by atoms with Crippen molar-refractivity contribution in [1.82, 2.24) is 15.5 Å². The minimum absolute atomic E-state index is 0.263. The van der Waals surface area contributed by atoms with E-state index in [0.29, 0.717) is 18.9 Å². The topological polar surface area (TPSA) is 60.2 Å². The summed E-state index contributed by atoms with van der Waals surface area (Å²) in [6.07, 6.45) is 2.99. The minimum Gasteiger partial charge on any atom is -0.384 e. The lowest BCUT2D eigenvalue weighted by Crippen LogP contribution is -2.13. The van der Waals surface area contributed by atoms with Crippen molar-refractivity contribution in [3.8, 4) is 0 Å². The fraction of sp³-hybridized carbons (Fsp3) is 0.778. The molecule has 0 radical (unpaired) electrons. The van der Waals surface area contributed by atoms with Gasteiger partial charge in [0.1, 0.15) is 0 Å². The van der Waals surface area contributed by atoms with E-state index in [9.17, 15) is 0 Å². The first-order valence-electron chi connectivity index (χ1n) is 4.95. The Kier molecular flexibility index (Phi) is 3.10. The van der Waals surface area contributed by atoms with E-state index < -0.39 is 0 Å². The van der Waals surface area contributed by atoms with Crippen LogP contribution in [0.25, 0.3) is 0 Å². The molecule has 0 spiro atoms. The van der Waals surface area contributed by atoms with E-state index in [1.54, 1.807) is 7.11 Å². The van der Waals surface area contributed by atoms with Crippen LogP contribution in [0.2, 0.25) is 0 Å². The second kappa shape index (κ2) is 4.52. The molecule has 1 aliphatic heterocycles. The van der Waals surface area contributed by atoms with Crippen LogP contribution in [0.4, 0.5) is 0 Å². The van der Waals surface area contributed by atoms with E-state index >= 15 is 0 Å². The van der Waals surface area contributed by atoms with Gasteiger partial charge in [0.2, 0.25) is 5.89 Å². The average molecular weight is 197 g/mol. The summed E-state index contributed by atoms with van der Waals surface area (Å²) in [5.41, 5.74) is 0. The van der Waals surface area contributed by atoms with E-state index in [1.807, 2.05) is 0 Å². The molecule has 1 N–H and O–H groups in total. The first kappa shape index (κ1) is 9.61. The summed E-state index contributed by atoms with van der Waals surface area (Å²) >= 11 is 0. The lowest BCUT2D eigenvalue weighted by atomic mass is 10.2. The maximum atomic E-state index is 5.17. The molecule has 2 rings (SSSR count). The molecule has 0 amide bonds. The first-order valence-corrected chi connectivity index (χ1v) is 4.95. The van der Waals surface area contributed by atoms with Gasteiger partial charge in [-0.2, -0.15) is 4.98 Å². The molecule has 14 heavy (non-hydrogen) atoms. The molecule has 1 fully saturated rings. The van der Waals surface area contributed by atoms with Gasteiger partial charge in [0, 0.05) is 13.5 Å². The lowest BCUT2D eigenvalue weighted by molar-refractivity contribution is 0.199. The molecule has 5 nitrogen and oxygen atoms in total. The Bertz CT molecular complexity index is 281. The summed E-state index contributed by atoms with van der Waals surface area (Å²) in [6, 6.07) is 0.263. The van der Waals surface area contributed by atoms with Crippen LogP contribution >= 0.6 is 0 Å². The summed E-state index contributed by atoms with van der Waals surface area (Å²) in [7, 11) is 1.67. The third-order valence-corrected chi connectivity index (χ3v) is 2.37. The van der Waals surface area contributed by atoms with Crippen LogP contribution < -0.4 is 5.32 Å². The van der Waals surface area contributed by atoms with E-state index in [4.69, 9.17) is 9.26 Å². The highest BCUT2D eigenvalue weighted by Gasteiger charge is 2.21. The van der Waals surface area contributed by atoms with E-state index in [2.05, 4.69) is 15.5 Å². The predicted molar refractivity (Wildman–Crippen MR) is 49.9 cm³/mol. The van der Waals surface area contributed by atoms with Crippen LogP contribution in [0.15, 0.2) is 4.52 Å². The quantitative estimate of drug-likeness (QED) is 0.769. The first-order chi connectivity index (χ1) is 6.90. The van der Waals surface area contributed by atoms with E-state index in [0.717, 1.165) is 18.8 Å². The van der Waals surface area contributed by atoms with Crippen molar-refractivity contribution in [2.24, 2.45) is 0 Å². The van der Waals surface area contributed by atoms with Crippen LogP contribution in [-0.4, -0.2) is 30.4 Å². The Morgan fingerprint density at radius 3 is 3.29 bits per heavy atom. The van der Waals surface area contributed by atoms with Crippen molar-refractivity contribution in [2.75, 3.05) is 20.3 Å². The van der Waals surface area contributed by atoms with Crippen LogP contribution in [0.5, 0.6) is 0 Å². The number of ether oxygens (including phenoxy) is 1. The second-order valence-corrected chi connectivity index (χ2v) is 3.44. The highest BCUT2D eigenvalue weighted by atomic mass is 16.5. The van der Waals surface area contributed by atoms with Gasteiger partial charge in [-0.3, -0.25) is 0 Å². The van der Waals surface area contributed by atoms with Gasteiger partial charge in [-0.15, -0.1) is 0 Å². The number of aromatic nitrogens is 2. The van der Waals surface area contributed by atoms with E-state index in [-0.39, 0.29) is 6.04 Å². The van der Waals surface area contributed by atoms with Gasteiger partial charge in [0.25, 0.3) is 0 Å². The standard InChI is InChI=1S/C9H15N3O2/c1-13-6-4-8-11-9(14-12-8)7-3-2-5-10-7/h7,10H,2-6H2,1H3/t7-/m0/s1. The Labute approximate surface area is 82.8 Å². The summed E-state index contributed by atoms with van der Waals surface area (Å²) < 4.78 is 10.1. The van der Waals surface area contributed by atoms with Crippen molar-refractivity contribution in [3.05, 3.63) is 11.7 Å². The summed E-state index contributed by atoms with van der Waals surface area (Å²) in [6.45, 7) is 1.68. The van der Waals surface area contributed by atoms with Gasteiger partial charge < -0.3 is 14.6 Å². The number of methoxy groups -OCH3 is 1. The highest BCUT2D eigenvalue weighted by Crippen LogP contribution is 2.20. The third-order valence-electron chi connectivity index (χ3n) is 2.37. The van der Waals surface area contributed by atoms with Gasteiger partial charge in [0.05, 0.1) is 12.6 Å². The van der Waals surface area contributed by atoms with Crippen LogP contribution in [0.3, 0.4) is 0 Å². The van der Waals surface area contributed by atoms with Gasteiger partial charge >= 0.3 is 0 Å². The predicted octanol–water partition coefficient (Wildman–Crippen LogP) is 0.683. The monoisotopic (exact) mass is 197 g/mol. The molecule has 1 saturated heterocycles. The molecule has 5 heteroatoms. The van der Waals surface area contributed by atoms with Gasteiger partial charge in [-0.1, -0.05) is 5.16 Å². The third kappa shape index (κ3) is 2.10. The molecule has 1 atom stereocenters. The molecule has 1 aliphatic rings. The van der Waals surface area contributed by atoms with E-state index in [1.165, 1.54) is 6.42 Å². The average Bonchev–Trinajstić information content (AvgIpc) is 2.85. The number of hydrogen-bond acceptors (Lipinski definition) is 5. The number of nitrogens with one attached hydrogen (secondary N) is 1. The van der Waals surface area contributed by atoms with Crippen LogP contribution in [0, 0.1) is 0 Å². The SMILES string of the molecule is COCCc1noc([C@@H]2CCCN2)n1. The largest absolute Gasteiger partial charge is 0.384 e. The highest BCUT2D eigenvalue weighted by molar-refractivity contribution is 4.95. The second-order valence-electron chi connectivity index (χ2n) is 3.44. The molecule has 1 aromatic rings. The molecule has 2 heterocycles. The zero-order valence-electron chi connectivity index (χ0n) is 8.32. The summed E-state index contributed by atoms with van der Waals surface area (Å²) in [4.78, 5) is 4.31. The van der Waals surface area contributed by atoms with Crippen LogP contribution in [-0.2, 0) is 11.2 Å². The zero-order valence-corrected chi connectivity index (χ0v) is 8.32. The van der Waals surface area contributed by atoms with Crippen molar-refractivity contribution in [3.63, 3.8) is 0 Å². The number of nitrogens with zero attached hydrogens (tertiary/aromatic N) is 2. The fourth-order valence-corrected chi connectivity index (χ4v) is 1.60. The minimum atomic E-state index is 0.263. The molecule has 1 aromatic heterocycles. The van der Waals surface area contributed by atoms with Gasteiger partial charge in [-0.05, 0) is 19.4 Å². The molecular formula is C9H15N3O2. The summed E-state index contributed by atoms with van der Waals surface area (Å²) in [5, 5.41) is 7.21. The molecule has 0 aliphatic carbocycles. The van der Waals surface area contributed by atoms with Crippen molar-refractivity contribution in [2.45, 2.75) is 25.3 Å². The number of rotatable bonds is 4. The van der Waals surface area contributed by atoms with Crippen molar-refractivity contribution >= 4 is 0 Å². The molecule has 0 saturated carbocycles. The summed E-state index contributed by atoms with van der Waals surface area (Å²) in [5.74, 6) is 1.45. The molecule has 0 aromatic carbocycles. The Hall–Kier alpha value is -0.940.